The number of benzene rings is 3. The third kappa shape index (κ3) is 2.89. The van der Waals surface area contributed by atoms with Crippen molar-refractivity contribution in [2.45, 2.75) is 0 Å². The second kappa shape index (κ2) is 6.24. The van der Waals surface area contributed by atoms with Gasteiger partial charge in [-0.25, -0.2) is 0 Å². The van der Waals surface area contributed by atoms with Crippen molar-refractivity contribution in [3.05, 3.63) is 71.8 Å². The second-order valence-electron chi connectivity index (χ2n) is 4.88. The summed E-state index contributed by atoms with van der Waals surface area (Å²) in [7, 11) is 3.25. The SMILES string of the molecule is COc1ccc(C#Cc2ccc3ccccc3c2)cc1OC. The fourth-order valence-corrected chi connectivity index (χ4v) is 2.33. The standard InChI is InChI=1S/C20H16O2/c1-21-19-12-10-16(14-20(19)22-2)8-7-15-9-11-17-5-3-4-6-18(17)13-15/h3-6,9-14H,1-2H3. The van der Waals surface area contributed by atoms with E-state index in [0.717, 1.165) is 11.1 Å². The van der Waals surface area contributed by atoms with Crippen molar-refractivity contribution in [2.24, 2.45) is 0 Å². The van der Waals surface area contributed by atoms with E-state index in [1.165, 1.54) is 10.8 Å². The molecule has 0 saturated carbocycles. The molecule has 0 aliphatic heterocycles. The van der Waals surface area contributed by atoms with Crippen LogP contribution in [0.2, 0.25) is 0 Å². The Balaban J connectivity index is 1.93. The molecule has 0 fully saturated rings. The Bertz CT molecular complexity index is 869. The van der Waals surface area contributed by atoms with Crippen molar-refractivity contribution in [2.75, 3.05) is 14.2 Å². The lowest BCUT2D eigenvalue weighted by atomic mass is 10.1. The molecule has 2 nitrogen and oxygen atoms in total. The smallest absolute Gasteiger partial charge is 0.161 e. The molecule has 0 aliphatic carbocycles. The van der Waals surface area contributed by atoms with Gasteiger partial charge >= 0.3 is 0 Å². The minimum Gasteiger partial charge on any atom is -0.493 e. The predicted molar refractivity (Wildman–Crippen MR) is 89.5 cm³/mol. The first-order chi connectivity index (χ1) is 10.8. The molecular weight excluding hydrogens is 272 g/mol. The lowest BCUT2D eigenvalue weighted by Gasteiger charge is -2.06. The molecule has 0 saturated heterocycles. The first-order valence-electron chi connectivity index (χ1n) is 7.03. The molecule has 0 aromatic heterocycles. The Morgan fingerprint density at radius 1 is 0.636 bits per heavy atom. The predicted octanol–water partition coefficient (Wildman–Crippen LogP) is 4.26. The molecule has 3 rings (SSSR count). The maximum absolute atomic E-state index is 5.29. The quantitative estimate of drug-likeness (QED) is 0.656. The van der Waals surface area contributed by atoms with Gasteiger partial charge in [0.2, 0.25) is 0 Å². The zero-order valence-electron chi connectivity index (χ0n) is 12.6. The summed E-state index contributed by atoms with van der Waals surface area (Å²) in [5.41, 5.74) is 1.89. The van der Waals surface area contributed by atoms with Crippen LogP contribution in [0.1, 0.15) is 11.1 Å². The fraction of sp³-hybridized carbons (Fsp3) is 0.100. The molecule has 0 radical (unpaired) electrons. The summed E-state index contributed by atoms with van der Waals surface area (Å²) in [6.45, 7) is 0. The Morgan fingerprint density at radius 3 is 2.00 bits per heavy atom. The van der Waals surface area contributed by atoms with Crippen LogP contribution >= 0.6 is 0 Å². The lowest BCUT2D eigenvalue weighted by Crippen LogP contribution is -1.90. The van der Waals surface area contributed by atoms with E-state index >= 15 is 0 Å². The third-order valence-electron chi connectivity index (χ3n) is 3.48. The largest absolute Gasteiger partial charge is 0.493 e. The zero-order chi connectivity index (χ0) is 15.4. The van der Waals surface area contributed by atoms with Crippen molar-refractivity contribution < 1.29 is 9.47 Å². The van der Waals surface area contributed by atoms with Crippen molar-refractivity contribution in [3.63, 3.8) is 0 Å². The van der Waals surface area contributed by atoms with E-state index in [0.29, 0.717) is 11.5 Å². The van der Waals surface area contributed by atoms with Gasteiger partial charge in [-0.15, -0.1) is 0 Å². The van der Waals surface area contributed by atoms with Crippen LogP contribution in [0.3, 0.4) is 0 Å². The van der Waals surface area contributed by atoms with E-state index in [4.69, 9.17) is 9.47 Å². The number of methoxy groups -OCH3 is 2. The average Bonchev–Trinajstić information content (AvgIpc) is 2.59. The highest BCUT2D eigenvalue weighted by atomic mass is 16.5. The molecule has 0 heterocycles. The van der Waals surface area contributed by atoms with Crippen LogP contribution < -0.4 is 9.47 Å². The van der Waals surface area contributed by atoms with E-state index in [9.17, 15) is 0 Å². The van der Waals surface area contributed by atoms with Gasteiger partial charge < -0.3 is 9.47 Å². The Kier molecular flexibility index (Phi) is 3.98. The molecule has 3 aromatic carbocycles. The van der Waals surface area contributed by atoms with Crippen molar-refractivity contribution >= 4 is 10.8 Å². The summed E-state index contributed by atoms with van der Waals surface area (Å²) in [6.07, 6.45) is 0. The monoisotopic (exact) mass is 288 g/mol. The zero-order valence-corrected chi connectivity index (χ0v) is 12.6. The molecule has 22 heavy (non-hydrogen) atoms. The van der Waals surface area contributed by atoms with Gasteiger partial charge in [-0.05, 0) is 41.1 Å². The topological polar surface area (TPSA) is 18.5 Å². The van der Waals surface area contributed by atoms with Gasteiger partial charge in [0.25, 0.3) is 0 Å². The van der Waals surface area contributed by atoms with Gasteiger partial charge in [-0.3, -0.25) is 0 Å². The summed E-state index contributed by atoms with van der Waals surface area (Å²) < 4.78 is 10.5. The first kappa shape index (κ1) is 14.0. The van der Waals surface area contributed by atoms with E-state index in [1.54, 1.807) is 14.2 Å². The van der Waals surface area contributed by atoms with E-state index < -0.39 is 0 Å². The van der Waals surface area contributed by atoms with E-state index in [1.807, 2.05) is 36.4 Å². The number of ether oxygens (including phenoxy) is 2. The van der Waals surface area contributed by atoms with Crippen LogP contribution in [0.15, 0.2) is 60.7 Å². The summed E-state index contributed by atoms with van der Waals surface area (Å²) in [6, 6.07) is 20.2. The Morgan fingerprint density at radius 2 is 1.27 bits per heavy atom. The molecule has 0 amide bonds. The van der Waals surface area contributed by atoms with Crippen LogP contribution in [0.4, 0.5) is 0 Å². The van der Waals surface area contributed by atoms with Crippen molar-refractivity contribution in [1.82, 2.24) is 0 Å². The van der Waals surface area contributed by atoms with Gasteiger partial charge in [0.05, 0.1) is 14.2 Å². The van der Waals surface area contributed by atoms with Gasteiger partial charge in [-0.1, -0.05) is 42.2 Å². The lowest BCUT2D eigenvalue weighted by molar-refractivity contribution is 0.355. The highest BCUT2D eigenvalue weighted by Gasteiger charge is 2.02. The minimum absolute atomic E-state index is 0.688. The van der Waals surface area contributed by atoms with Crippen molar-refractivity contribution in [1.29, 1.82) is 0 Å². The van der Waals surface area contributed by atoms with E-state index in [2.05, 4.69) is 36.1 Å². The second-order valence-corrected chi connectivity index (χ2v) is 4.88. The van der Waals surface area contributed by atoms with Gasteiger partial charge in [0.15, 0.2) is 11.5 Å². The molecule has 108 valence electrons. The first-order valence-corrected chi connectivity index (χ1v) is 7.03. The van der Waals surface area contributed by atoms with Crippen LogP contribution in [0.25, 0.3) is 10.8 Å². The van der Waals surface area contributed by atoms with Crippen molar-refractivity contribution in [3.8, 4) is 23.3 Å². The molecule has 0 aliphatic rings. The molecule has 0 atom stereocenters. The van der Waals surface area contributed by atoms with Gasteiger partial charge in [0, 0.05) is 11.1 Å². The normalized spacial score (nSPS) is 9.91. The third-order valence-corrected chi connectivity index (χ3v) is 3.48. The highest BCUT2D eigenvalue weighted by molar-refractivity contribution is 5.83. The average molecular weight is 288 g/mol. The molecule has 2 heteroatoms. The Hall–Kier alpha value is -2.92. The number of fused-ring (bicyclic) bond motifs is 1. The minimum atomic E-state index is 0.688. The maximum Gasteiger partial charge on any atom is 0.161 e. The van der Waals surface area contributed by atoms with Gasteiger partial charge in [0.1, 0.15) is 0 Å². The molecule has 0 N–H and O–H groups in total. The molecule has 3 aromatic rings. The number of hydrogen-bond donors (Lipinski definition) is 0. The molecule has 0 spiro atoms. The summed E-state index contributed by atoms with van der Waals surface area (Å²) in [4.78, 5) is 0. The summed E-state index contributed by atoms with van der Waals surface area (Å²) >= 11 is 0. The van der Waals surface area contributed by atoms with Crippen LogP contribution in [0.5, 0.6) is 11.5 Å². The molecule has 0 bridgehead atoms. The number of hydrogen-bond acceptors (Lipinski definition) is 2. The maximum atomic E-state index is 5.29. The van der Waals surface area contributed by atoms with Crippen LogP contribution in [0, 0.1) is 11.8 Å². The molecule has 0 unspecified atom stereocenters. The Labute approximate surface area is 130 Å². The summed E-state index contributed by atoms with van der Waals surface area (Å²) in [5.74, 6) is 7.76. The van der Waals surface area contributed by atoms with E-state index in [-0.39, 0.29) is 0 Å². The highest BCUT2D eigenvalue weighted by Crippen LogP contribution is 2.27. The number of rotatable bonds is 2. The van der Waals surface area contributed by atoms with Crippen LogP contribution in [-0.2, 0) is 0 Å². The fourth-order valence-electron chi connectivity index (χ4n) is 2.33. The van der Waals surface area contributed by atoms with Crippen LogP contribution in [-0.4, -0.2) is 14.2 Å². The summed E-state index contributed by atoms with van der Waals surface area (Å²) in [5, 5.41) is 2.42. The molecular formula is C20H16O2. The van der Waals surface area contributed by atoms with Gasteiger partial charge in [-0.2, -0.15) is 0 Å².